The molecule has 0 atom stereocenters. The summed E-state index contributed by atoms with van der Waals surface area (Å²) in [6, 6.07) is 4.80. The molecule has 21 heavy (non-hydrogen) atoms. The topological polar surface area (TPSA) is 55.1 Å². The van der Waals surface area contributed by atoms with Crippen LogP contribution in [0, 0.1) is 24.6 Å². The first-order valence-electron chi connectivity index (χ1n) is 7.83. The maximum atomic E-state index is 13.0. The van der Waals surface area contributed by atoms with Crippen LogP contribution in [0.1, 0.15) is 36.8 Å². The number of nitrogens with one attached hydrogen (secondary N) is 1. The van der Waals surface area contributed by atoms with Gasteiger partial charge in [-0.3, -0.25) is 4.79 Å². The predicted molar refractivity (Wildman–Crippen MR) is 82.4 cm³/mol. The van der Waals surface area contributed by atoms with Gasteiger partial charge in [0.25, 0.3) is 0 Å². The number of nitrogens with two attached hydrogens (primary N) is 1. The number of benzene rings is 1. The molecule has 1 aromatic carbocycles. The average Bonchev–Trinajstić information content (AvgIpc) is 2.49. The summed E-state index contributed by atoms with van der Waals surface area (Å²) < 4.78 is 13.0. The van der Waals surface area contributed by atoms with Crippen LogP contribution in [-0.2, 0) is 11.2 Å². The molecule has 1 aliphatic rings. The van der Waals surface area contributed by atoms with Crippen LogP contribution in [0.5, 0.6) is 0 Å². The highest BCUT2D eigenvalue weighted by Crippen LogP contribution is 2.28. The Balaban J connectivity index is 1.74. The van der Waals surface area contributed by atoms with E-state index in [-0.39, 0.29) is 17.6 Å². The number of hydrogen-bond donors (Lipinski definition) is 2. The van der Waals surface area contributed by atoms with Crippen molar-refractivity contribution in [1.82, 2.24) is 5.32 Å². The molecular formula is C17H25FN2O. The molecule has 3 N–H and O–H groups in total. The summed E-state index contributed by atoms with van der Waals surface area (Å²) in [5.74, 6) is 0.681. The normalized spacial score (nSPS) is 22.0. The van der Waals surface area contributed by atoms with Crippen LogP contribution >= 0.6 is 0 Å². The van der Waals surface area contributed by atoms with E-state index in [0.717, 1.165) is 49.8 Å². The molecule has 4 heteroatoms. The number of rotatable bonds is 5. The van der Waals surface area contributed by atoms with Gasteiger partial charge in [0, 0.05) is 12.5 Å². The fraction of sp³-hybridized carbons (Fsp3) is 0.588. The molecule has 1 fully saturated rings. The Morgan fingerprint density at radius 1 is 1.33 bits per heavy atom. The molecule has 3 nitrogen and oxygen atoms in total. The van der Waals surface area contributed by atoms with Crippen molar-refractivity contribution in [3.8, 4) is 0 Å². The van der Waals surface area contributed by atoms with Crippen LogP contribution in [-0.4, -0.2) is 19.0 Å². The van der Waals surface area contributed by atoms with Gasteiger partial charge in [-0.05, 0) is 74.8 Å². The van der Waals surface area contributed by atoms with E-state index in [1.807, 2.05) is 6.92 Å². The lowest BCUT2D eigenvalue weighted by Crippen LogP contribution is -2.35. The Hall–Kier alpha value is -1.42. The van der Waals surface area contributed by atoms with Gasteiger partial charge in [0.2, 0.25) is 5.91 Å². The van der Waals surface area contributed by atoms with Crippen LogP contribution in [0.2, 0.25) is 0 Å². The SMILES string of the molecule is Cc1cc(F)ccc1CCNC(=O)C1CCC(CN)CC1. The molecule has 1 aliphatic carbocycles. The van der Waals surface area contributed by atoms with Gasteiger partial charge in [0.05, 0.1) is 0 Å². The Morgan fingerprint density at radius 2 is 2.05 bits per heavy atom. The Bertz CT molecular complexity index is 482. The van der Waals surface area contributed by atoms with Gasteiger partial charge in [-0.15, -0.1) is 0 Å². The summed E-state index contributed by atoms with van der Waals surface area (Å²) in [5.41, 5.74) is 7.69. The third-order valence-electron chi connectivity index (χ3n) is 4.55. The van der Waals surface area contributed by atoms with Gasteiger partial charge in [-0.1, -0.05) is 6.07 Å². The lowest BCUT2D eigenvalue weighted by molar-refractivity contribution is -0.126. The zero-order chi connectivity index (χ0) is 15.2. The second-order valence-electron chi connectivity index (χ2n) is 6.07. The largest absolute Gasteiger partial charge is 0.356 e. The fourth-order valence-electron chi connectivity index (χ4n) is 3.06. The number of carbonyl (C=O) groups is 1. The highest BCUT2D eigenvalue weighted by molar-refractivity contribution is 5.78. The molecular weight excluding hydrogens is 267 g/mol. The number of hydrogen-bond acceptors (Lipinski definition) is 2. The second kappa shape index (κ2) is 7.55. The molecule has 0 spiro atoms. The quantitative estimate of drug-likeness (QED) is 0.876. The average molecular weight is 292 g/mol. The van der Waals surface area contributed by atoms with E-state index in [2.05, 4.69) is 5.32 Å². The van der Waals surface area contributed by atoms with Crippen LogP contribution in [0.4, 0.5) is 4.39 Å². The minimum atomic E-state index is -0.211. The minimum absolute atomic E-state index is 0.141. The first-order chi connectivity index (χ1) is 10.1. The van der Waals surface area contributed by atoms with E-state index in [1.165, 1.54) is 12.1 Å². The molecule has 0 saturated heterocycles. The zero-order valence-corrected chi connectivity index (χ0v) is 12.7. The van der Waals surface area contributed by atoms with Crippen molar-refractivity contribution >= 4 is 5.91 Å². The Labute approximate surface area is 126 Å². The summed E-state index contributed by atoms with van der Waals surface area (Å²) in [6.07, 6.45) is 4.76. The lowest BCUT2D eigenvalue weighted by Gasteiger charge is -2.26. The van der Waals surface area contributed by atoms with Gasteiger partial charge in [-0.2, -0.15) is 0 Å². The predicted octanol–water partition coefficient (Wildman–Crippen LogP) is 2.56. The van der Waals surface area contributed by atoms with Gasteiger partial charge >= 0.3 is 0 Å². The molecule has 1 saturated carbocycles. The Kier molecular flexibility index (Phi) is 5.74. The highest BCUT2D eigenvalue weighted by atomic mass is 19.1. The van der Waals surface area contributed by atoms with Gasteiger partial charge in [0.1, 0.15) is 5.82 Å². The van der Waals surface area contributed by atoms with Crippen molar-refractivity contribution in [2.75, 3.05) is 13.1 Å². The van der Waals surface area contributed by atoms with Crippen LogP contribution in [0.25, 0.3) is 0 Å². The smallest absolute Gasteiger partial charge is 0.223 e. The van der Waals surface area contributed by atoms with Crippen LogP contribution in [0.15, 0.2) is 18.2 Å². The van der Waals surface area contributed by atoms with E-state index >= 15 is 0 Å². The first kappa shape index (κ1) is 16.0. The van der Waals surface area contributed by atoms with Crippen molar-refractivity contribution < 1.29 is 9.18 Å². The molecule has 2 rings (SSSR count). The molecule has 1 aromatic rings. The van der Waals surface area contributed by atoms with E-state index < -0.39 is 0 Å². The van der Waals surface area contributed by atoms with E-state index in [1.54, 1.807) is 6.07 Å². The van der Waals surface area contributed by atoms with Crippen molar-refractivity contribution in [1.29, 1.82) is 0 Å². The zero-order valence-electron chi connectivity index (χ0n) is 12.7. The molecule has 0 heterocycles. The van der Waals surface area contributed by atoms with Crippen molar-refractivity contribution in [3.63, 3.8) is 0 Å². The summed E-state index contributed by atoms with van der Waals surface area (Å²) in [5, 5.41) is 3.01. The molecule has 0 aliphatic heterocycles. The summed E-state index contributed by atoms with van der Waals surface area (Å²) in [4.78, 5) is 12.1. The van der Waals surface area contributed by atoms with Gasteiger partial charge in [0.15, 0.2) is 0 Å². The Morgan fingerprint density at radius 3 is 2.67 bits per heavy atom. The standard InChI is InChI=1S/C17H25FN2O/c1-12-10-16(18)7-6-14(12)8-9-20-17(21)15-4-2-13(11-19)3-5-15/h6-7,10,13,15H,2-5,8-9,11,19H2,1H3,(H,20,21). The van der Waals surface area contributed by atoms with E-state index in [4.69, 9.17) is 5.73 Å². The van der Waals surface area contributed by atoms with Crippen LogP contribution < -0.4 is 11.1 Å². The number of aryl methyl sites for hydroxylation is 1. The van der Waals surface area contributed by atoms with E-state index in [9.17, 15) is 9.18 Å². The molecule has 0 unspecified atom stereocenters. The number of amides is 1. The first-order valence-corrected chi connectivity index (χ1v) is 7.83. The molecule has 1 amide bonds. The molecule has 116 valence electrons. The van der Waals surface area contributed by atoms with Crippen molar-refractivity contribution in [2.24, 2.45) is 17.6 Å². The monoisotopic (exact) mass is 292 g/mol. The lowest BCUT2D eigenvalue weighted by atomic mass is 9.81. The summed E-state index contributed by atoms with van der Waals surface area (Å²) in [7, 11) is 0. The van der Waals surface area contributed by atoms with E-state index in [0.29, 0.717) is 12.5 Å². The number of carbonyl (C=O) groups excluding carboxylic acids is 1. The minimum Gasteiger partial charge on any atom is -0.356 e. The molecule has 0 bridgehead atoms. The fourth-order valence-corrected chi connectivity index (χ4v) is 3.06. The van der Waals surface area contributed by atoms with Crippen molar-refractivity contribution in [2.45, 2.75) is 39.0 Å². The summed E-state index contributed by atoms with van der Waals surface area (Å²) >= 11 is 0. The molecule has 0 radical (unpaired) electrons. The third-order valence-corrected chi connectivity index (χ3v) is 4.55. The maximum absolute atomic E-state index is 13.0. The maximum Gasteiger partial charge on any atom is 0.223 e. The van der Waals surface area contributed by atoms with Crippen molar-refractivity contribution in [3.05, 3.63) is 35.1 Å². The highest BCUT2D eigenvalue weighted by Gasteiger charge is 2.25. The van der Waals surface area contributed by atoms with Crippen LogP contribution in [0.3, 0.4) is 0 Å². The van der Waals surface area contributed by atoms with Gasteiger partial charge in [-0.25, -0.2) is 4.39 Å². The summed E-state index contributed by atoms with van der Waals surface area (Å²) in [6.45, 7) is 3.24. The van der Waals surface area contributed by atoms with Gasteiger partial charge < -0.3 is 11.1 Å². The molecule has 0 aromatic heterocycles. The number of halogens is 1. The second-order valence-corrected chi connectivity index (χ2v) is 6.07. The third kappa shape index (κ3) is 4.53.